The van der Waals surface area contributed by atoms with Crippen LogP contribution in [0, 0.1) is 6.92 Å². The van der Waals surface area contributed by atoms with Gasteiger partial charge in [0.1, 0.15) is 5.75 Å². The Morgan fingerprint density at radius 3 is 2.27 bits per heavy atom. The Balaban J connectivity index is 1.77. The fourth-order valence-electron chi connectivity index (χ4n) is 3.04. The third-order valence-electron chi connectivity index (χ3n) is 4.59. The van der Waals surface area contributed by atoms with Gasteiger partial charge in [0.2, 0.25) is 10.0 Å². The van der Waals surface area contributed by atoms with E-state index in [9.17, 15) is 13.2 Å². The van der Waals surface area contributed by atoms with E-state index in [-0.39, 0.29) is 12.5 Å². The molecule has 0 saturated carbocycles. The van der Waals surface area contributed by atoms with E-state index < -0.39 is 10.0 Å². The molecule has 1 N–H and O–H groups in total. The van der Waals surface area contributed by atoms with Crippen LogP contribution in [0.5, 0.6) is 5.75 Å². The number of rotatable bonds is 7. The van der Waals surface area contributed by atoms with Crippen molar-refractivity contribution in [2.75, 3.05) is 23.0 Å². The normalized spacial score (nSPS) is 11.0. The molecule has 0 aromatic heterocycles. The van der Waals surface area contributed by atoms with Gasteiger partial charge in [-0.25, -0.2) is 8.42 Å². The number of carbonyl (C=O) groups is 1. The Labute approximate surface area is 177 Å². The van der Waals surface area contributed by atoms with E-state index >= 15 is 0 Å². The van der Waals surface area contributed by atoms with Gasteiger partial charge in [-0.3, -0.25) is 9.10 Å². The summed E-state index contributed by atoms with van der Waals surface area (Å²) in [6, 6.07) is 21.3. The molecule has 156 valence electrons. The van der Waals surface area contributed by atoms with E-state index in [4.69, 9.17) is 4.74 Å². The molecule has 0 aliphatic rings. The maximum atomic E-state index is 12.6. The van der Waals surface area contributed by atoms with Crippen LogP contribution < -0.4 is 14.4 Å². The highest BCUT2D eigenvalue weighted by atomic mass is 32.2. The Morgan fingerprint density at radius 1 is 1.00 bits per heavy atom. The minimum Gasteiger partial charge on any atom is -0.495 e. The zero-order valence-electron chi connectivity index (χ0n) is 17.1. The molecule has 30 heavy (non-hydrogen) atoms. The zero-order chi connectivity index (χ0) is 21.7. The van der Waals surface area contributed by atoms with Crippen LogP contribution >= 0.6 is 0 Å². The lowest BCUT2D eigenvalue weighted by Crippen LogP contribution is -2.29. The van der Waals surface area contributed by atoms with E-state index in [1.165, 1.54) is 10.6 Å². The van der Waals surface area contributed by atoms with Crippen LogP contribution in [0.1, 0.15) is 21.5 Å². The molecule has 3 aromatic rings. The Morgan fingerprint density at radius 2 is 1.67 bits per heavy atom. The van der Waals surface area contributed by atoms with E-state index in [0.29, 0.717) is 22.7 Å². The number of ether oxygens (including phenoxy) is 1. The van der Waals surface area contributed by atoms with Gasteiger partial charge in [0.25, 0.3) is 5.91 Å². The number of nitrogens with zero attached hydrogens (tertiary/aromatic N) is 1. The van der Waals surface area contributed by atoms with E-state index in [1.54, 1.807) is 61.7 Å². The summed E-state index contributed by atoms with van der Waals surface area (Å²) in [5, 5.41) is 2.86. The summed E-state index contributed by atoms with van der Waals surface area (Å²) in [6.07, 6.45) is 1.18. The van der Waals surface area contributed by atoms with Crippen molar-refractivity contribution in [1.29, 1.82) is 0 Å². The molecule has 0 aliphatic carbocycles. The summed E-state index contributed by atoms with van der Waals surface area (Å²) < 4.78 is 31.1. The number of anilines is 2. The minimum absolute atomic E-state index is 0.177. The molecular formula is C23H24N2O4S. The number of hydrogen-bond donors (Lipinski definition) is 1. The van der Waals surface area contributed by atoms with Crippen LogP contribution in [-0.2, 0) is 16.6 Å². The maximum absolute atomic E-state index is 12.6. The van der Waals surface area contributed by atoms with Crippen molar-refractivity contribution < 1.29 is 17.9 Å². The second-order valence-electron chi connectivity index (χ2n) is 6.96. The zero-order valence-corrected chi connectivity index (χ0v) is 17.9. The highest BCUT2D eigenvalue weighted by Crippen LogP contribution is 2.26. The first-order valence-corrected chi connectivity index (χ1v) is 11.2. The van der Waals surface area contributed by atoms with Gasteiger partial charge in [0.05, 0.1) is 31.3 Å². The number of hydrogen-bond acceptors (Lipinski definition) is 4. The molecule has 3 rings (SSSR count). The number of sulfonamides is 1. The number of methoxy groups -OCH3 is 1. The van der Waals surface area contributed by atoms with Gasteiger partial charge in [-0.2, -0.15) is 0 Å². The molecule has 0 unspecified atom stereocenters. The fourth-order valence-corrected chi connectivity index (χ4v) is 3.92. The summed E-state index contributed by atoms with van der Waals surface area (Å²) in [4.78, 5) is 12.6. The van der Waals surface area contributed by atoms with E-state index in [2.05, 4.69) is 5.32 Å². The Hall–Kier alpha value is -3.32. The number of amides is 1. The topological polar surface area (TPSA) is 75.7 Å². The van der Waals surface area contributed by atoms with Crippen LogP contribution in [0.15, 0.2) is 72.8 Å². The third kappa shape index (κ3) is 5.18. The maximum Gasteiger partial charge on any atom is 0.255 e. The van der Waals surface area contributed by atoms with Crippen molar-refractivity contribution in [2.45, 2.75) is 13.5 Å². The van der Waals surface area contributed by atoms with Gasteiger partial charge in [0, 0.05) is 5.56 Å². The van der Waals surface area contributed by atoms with Crippen molar-refractivity contribution in [3.63, 3.8) is 0 Å². The summed E-state index contributed by atoms with van der Waals surface area (Å²) in [5.41, 5.74) is 3.43. The van der Waals surface area contributed by atoms with Crippen molar-refractivity contribution in [2.24, 2.45) is 0 Å². The highest BCUT2D eigenvalue weighted by Gasteiger charge is 2.18. The molecule has 0 radical (unpaired) electrons. The van der Waals surface area contributed by atoms with Crippen molar-refractivity contribution >= 4 is 27.3 Å². The number of para-hydroxylation sites is 1. The first-order chi connectivity index (χ1) is 14.3. The first kappa shape index (κ1) is 21.4. The van der Waals surface area contributed by atoms with Crippen LogP contribution in [0.2, 0.25) is 0 Å². The molecule has 0 bridgehead atoms. The number of benzene rings is 3. The molecular weight excluding hydrogens is 400 g/mol. The van der Waals surface area contributed by atoms with Gasteiger partial charge >= 0.3 is 0 Å². The SMILES string of the molecule is COc1ccc(C)cc1NC(=O)c1ccc(CN(c2ccccc2)S(C)(=O)=O)cc1. The smallest absolute Gasteiger partial charge is 0.255 e. The van der Waals surface area contributed by atoms with Crippen molar-refractivity contribution in [1.82, 2.24) is 0 Å². The second-order valence-corrected chi connectivity index (χ2v) is 8.87. The average Bonchev–Trinajstić information content (AvgIpc) is 2.72. The molecule has 7 heteroatoms. The lowest BCUT2D eigenvalue weighted by atomic mass is 10.1. The van der Waals surface area contributed by atoms with Gasteiger partial charge in [-0.1, -0.05) is 36.4 Å². The largest absolute Gasteiger partial charge is 0.495 e. The fraction of sp³-hybridized carbons (Fsp3) is 0.174. The average molecular weight is 425 g/mol. The predicted molar refractivity (Wildman–Crippen MR) is 120 cm³/mol. The molecule has 0 atom stereocenters. The Kier molecular flexibility index (Phi) is 6.42. The predicted octanol–water partition coefficient (Wildman–Crippen LogP) is 4.22. The molecule has 0 saturated heterocycles. The Bertz CT molecular complexity index is 1130. The van der Waals surface area contributed by atoms with Crippen molar-refractivity contribution in [3.8, 4) is 5.75 Å². The molecule has 0 fully saturated rings. The van der Waals surface area contributed by atoms with E-state index in [0.717, 1.165) is 11.1 Å². The van der Waals surface area contributed by atoms with Crippen LogP contribution in [0.3, 0.4) is 0 Å². The monoisotopic (exact) mass is 424 g/mol. The molecule has 6 nitrogen and oxygen atoms in total. The van der Waals surface area contributed by atoms with Gasteiger partial charge in [-0.05, 0) is 54.4 Å². The van der Waals surface area contributed by atoms with Crippen molar-refractivity contribution in [3.05, 3.63) is 89.5 Å². The standard InChI is InChI=1S/C23H24N2O4S/c1-17-9-14-22(29-2)21(15-17)24-23(26)19-12-10-18(11-13-19)16-25(30(3,27)28)20-7-5-4-6-8-20/h4-15H,16H2,1-3H3,(H,24,26). The number of carbonyl (C=O) groups excluding carboxylic acids is 1. The number of aryl methyl sites for hydroxylation is 1. The molecule has 3 aromatic carbocycles. The highest BCUT2D eigenvalue weighted by molar-refractivity contribution is 7.92. The first-order valence-electron chi connectivity index (χ1n) is 9.35. The molecule has 0 aliphatic heterocycles. The van der Waals surface area contributed by atoms with Gasteiger partial charge < -0.3 is 10.1 Å². The van der Waals surface area contributed by atoms with Crippen LogP contribution in [-0.4, -0.2) is 27.7 Å². The minimum atomic E-state index is -3.45. The van der Waals surface area contributed by atoms with E-state index in [1.807, 2.05) is 25.1 Å². The summed E-state index contributed by atoms with van der Waals surface area (Å²) >= 11 is 0. The third-order valence-corrected chi connectivity index (χ3v) is 5.73. The molecule has 0 heterocycles. The summed E-state index contributed by atoms with van der Waals surface area (Å²) in [6.45, 7) is 2.11. The van der Waals surface area contributed by atoms with Gasteiger partial charge in [-0.15, -0.1) is 0 Å². The van der Waals surface area contributed by atoms with Gasteiger partial charge in [0.15, 0.2) is 0 Å². The lowest BCUT2D eigenvalue weighted by Gasteiger charge is -2.22. The molecule has 1 amide bonds. The summed E-state index contributed by atoms with van der Waals surface area (Å²) in [5.74, 6) is 0.311. The summed E-state index contributed by atoms with van der Waals surface area (Å²) in [7, 11) is -1.90. The molecule has 0 spiro atoms. The quantitative estimate of drug-likeness (QED) is 0.616. The lowest BCUT2D eigenvalue weighted by molar-refractivity contribution is 0.102. The number of nitrogens with one attached hydrogen (secondary N) is 1. The van der Waals surface area contributed by atoms with Crippen LogP contribution in [0.25, 0.3) is 0 Å². The second kappa shape index (κ2) is 9.00. The van der Waals surface area contributed by atoms with Crippen LogP contribution in [0.4, 0.5) is 11.4 Å².